The maximum Gasteiger partial charge on any atom is 0.324 e. The smallest absolute Gasteiger partial charge is 0.324 e. The Bertz CT molecular complexity index is 1050. The van der Waals surface area contributed by atoms with E-state index in [4.69, 9.17) is 0 Å². The lowest BCUT2D eigenvalue weighted by Crippen LogP contribution is -2.32. The number of rotatable bonds is 6. The van der Waals surface area contributed by atoms with Crippen LogP contribution in [0.2, 0.25) is 0 Å². The van der Waals surface area contributed by atoms with Crippen molar-refractivity contribution in [3.8, 4) is 17.1 Å². The second-order valence-corrected chi connectivity index (χ2v) is 7.89. The molecule has 0 aliphatic carbocycles. The molecule has 0 unspecified atom stereocenters. The summed E-state index contributed by atoms with van der Waals surface area (Å²) < 4.78 is 2.03. The minimum atomic E-state index is -0.337. The topological polar surface area (TPSA) is 80.1 Å². The van der Waals surface area contributed by atoms with Crippen molar-refractivity contribution in [2.45, 2.75) is 19.0 Å². The number of thioether (sulfide) groups is 1. The molecule has 29 heavy (non-hydrogen) atoms. The SMILES string of the molecule is Cc1ccc(-n2c(SCCN3C(=O)CNC3=O)nnc2-c2ccccc2)cc1C. The van der Waals surface area contributed by atoms with Crippen molar-refractivity contribution in [3.63, 3.8) is 0 Å². The molecule has 1 fully saturated rings. The fourth-order valence-electron chi connectivity index (χ4n) is 3.14. The summed E-state index contributed by atoms with van der Waals surface area (Å²) in [6.07, 6.45) is 0. The van der Waals surface area contributed by atoms with Gasteiger partial charge in [-0.25, -0.2) is 4.79 Å². The van der Waals surface area contributed by atoms with Crippen molar-refractivity contribution in [2.24, 2.45) is 0 Å². The Hall–Kier alpha value is -3.13. The fourth-order valence-corrected chi connectivity index (χ4v) is 4.02. The van der Waals surface area contributed by atoms with E-state index in [1.165, 1.54) is 27.8 Å². The highest BCUT2D eigenvalue weighted by Gasteiger charge is 2.28. The van der Waals surface area contributed by atoms with E-state index in [0.717, 1.165) is 22.2 Å². The summed E-state index contributed by atoms with van der Waals surface area (Å²) in [4.78, 5) is 24.7. The van der Waals surface area contributed by atoms with Gasteiger partial charge < -0.3 is 5.32 Å². The average molecular weight is 407 g/mol. The molecule has 2 aromatic carbocycles. The van der Waals surface area contributed by atoms with Crippen LogP contribution < -0.4 is 5.32 Å². The number of hydrogen-bond donors (Lipinski definition) is 1. The van der Waals surface area contributed by atoms with Crippen LogP contribution in [-0.2, 0) is 4.79 Å². The van der Waals surface area contributed by atoms with Crippen LogP contribution in [0.4, 0.5) is 4.79 Å². The van der Waals surface area contributed by atoms with E-state index >= 15 is 0 Å². The molecule has 1 aliphatic rings. The molecule has 1 N–H and O–H groups in total. The Morgan fingerprint density at radius 3 is 2.52 bits per heavy atom. The van der Waals surface area contributed by atoms with Crippen LogP contribution in [-0.4, -0.2) is 50.4 Å². The van der Waals surface area contributed by atoms with Crippen molar-refractivity contribution >= 4 is 23.7 Å². The predicted molar refractivity (Wildman–Crippen MR) is 112 cm³/mol. The van der Waals surface area contributed by atoms with Gasteiger partial charge >= 0.3 is 6.03 Å². The molecule has 0 saturated carbocycles. The van der Waals surface area contributed by atoms with Crippen LogP contribution >= 0.6 is 11.8 Å². The zero-order valence-electron chi connectivity index (χ0n) is 16.3. The Balaban J connectivity index is 1.65. The largest absolute Gasteiger partial charge is 0.329 e. The van der Waals surface area contributed by atoms with E-state index in [-0.39, 0.29) is 18.5 Å². The van der Waals surface area contributed by atoms with Crippen LogP contribution in [0.5, 0.6) is 0 Å². The molecule has 4 rings (SSSR count). The highest BCUT2D eigenvalue weighted by Crippen LogP contribution is 2.29. The normalized spacial score (nSPS) is 13.8. The molecule has 3 amide bonds. The molecule has 1 aromatic heterocycles. The molecule has 0 atom stereocenters. The van der Waals surface area contributed by atoms with E-state index in [0.29, 0.717) is 12.3 Å². The molecule has 8 heteroatoms. The highest BCUT2D eigenvalue weighted by atomic mass is 32.2. The minimum Gasteiger partial charge on any atom is -0.329 e. The number of aromatic nitrogens is 3. The lowest BCUT2D eigenvalue weighted by molar-refractivity contribution is -0.124. The van der Waals surface area contributed by atoms with Gasteiger partial charge in [0.15, 0.2) is 11.0 Å². The zero-order valence-corrected chi connectivity index (χ0v) is 17.1. The summed E-state index contributed by atoms with van der Waals surface area (Å²) in [6, 6.07) is 15.8. The number of carbonyl (C=O) groups excluding carboxylic acids is 2. The third-order valence-corrected chi connectivity index (χ3v) is 5.81. The highest BCUT2D eigenvalue weighted by molar-refractivity contribution is 7.99. The number of nitrogens with zero attached hydrogens (tertiary/aromatic N) is 4. The summed E-state index contributed by atoms with van der Waals surface area (Å²) in [7, 11) is 0. The Kier molecular flexibility index (Phi) is 5.35. The quantitative estimate of drug-likeness (QED) is 0.501. The summed E-state index contributed by atoms with van der Waals surface area (Å²) in [5, 5.41) is 12.1. The van der Waals surface area contributed by atoms with E-state index in [9.17, 15) is 9.59 Å². The van der Waals surface area contributed by atoms with Gasteiger partial charge in [0.05, 0.1) is 12.2 Å². The minimum absolute atomic E-state index is 0.0699. The number of urea groups is 1. The molecule has 1 aliphatic heterocycles. The van der Waals surface area contributed by atoms with Crippen molar-refractivity contribution in [1.29, 1.82) is 0 Å². The Labute approximate surface area is 173 Å². The van der Waals surface area contributed by atoms with Crippen LogP contribution in [0.1, 0.15) is 11.1 Å². The molecule has 1 saturated heterocycles. The number of nitrogens with one attached hydrogen (secondary N) is 1. The van der Waals surface area contributed by atoms with Gasteiger partial charge in [-0.3, -0.25) is 14.3 Å². The van der Waals surface area contributed by atoms with Crippen LogP contribution in [0.25, 0.3) is 17.1 Å². The number of amides is 3. The van der Waals surface area contributed by atoms with Gasteiger partial charge in [0.2, 0.25) is 5.91 Å². The number of hydrogen-bond acceptors (Lipinski definition) is 5. The van der Waals surface area contributed by atoms with Crippen LogP contribution in [0, 0.1) is 13.8 Å². The van der Waals surface area contributed by atoms with Gasteiger partial charge in [-0.2, -0.15) is 0 Å². The van der Waals surface area contributed by atoms with E-state index in [1.54, 1.807) is 0 Å². The van der Waals surface area contributed by atoms with Crippen molar-refractivity contribution in [2.75, 3.05) is 18.8 Å². The van der Waals surface area contributed by atoms with Crippen molar-refractivity contribution < 1.29 is 9.59 Å². The lowest BCUT2D eigenvalue weighted by atomic mass is 10.1. The van der Waals surface area contributed by atoms with Crippen molar-refractivity contribution in [1.82, 2.24) is 25.0 Å². The second-order valence-electron chi connectivity index (χ2n) is 6.83. The van der Waals surface area contributed by atoms with Crippen LogP contribution in [0.15, 0.2) is 53.7 Å². The summed E-state index contributed by atoms with van der Waals surface area (Å²) in [5.41, 5.74) is 4.36. The fraction of sp³-hybridized carbons (Fsp3) is 0.238. The molecule has 0 bridgehead atoms. The van der Waals surface area contributed by atoms with Gasteiger partial charge in [-0.05, 0) is 37.1 Å². The third-order valence-electron chi connectivity index (χ3n) is 4.90. The molecular weight excluding hydrogens is 386 g/mol. The monoisotopic (exact) mass is 407 g/mol. The lowest BCUT2D eigenvalue weighted by Gasteiger charge is -2.14. The first-order valence-electron chi connectivity index (χ1n) is 9.34. The maximum absolute atomic E-state index is 11.8. The van der Waals surface area contributed by atoms with Crippen LogP contribution in [0.3, 0.4) is 0 Å². The van der Waals surface area contributed by atoms with E-state index in [2.05, 4.69) is 47.6 Å². The third kappa shape index (κ3) is 3.88. The zero-order chi connectivity index (χ0) is 20.4. The number of benzene rings is 2. The molecule has 0 spiro atoms. The van der Waals surface area contributed by atoms with Gasteiger partial charge in [-0.1, -0.05) is 48.2 Å². The molecule has 2 heterocycles. The standard InChI is InChI=1S/C21H21N5O2S/c1-14-8-9-17(12-15(14)2)26-19(16-6-4-3-5-7-16)23-24-21(26)29-11-10-25-18(27)13-22-20(25)28/h3-9,12H,10-11,13H2,1-2H3,(H,22,28). The summed E-state index contributed by atoms with van der Waals surface area (Å²) >= 11 is 1.47. The van der Waals surface area contributed by atoms with E-state index < -0.39 is 0 Å². The van der Waals surface area contributed by atoms with Gasteiger partial charge in [0.25, 0.3) is 0 Å². The van der Waals surface area contributed by atoms with Crippen molar-refractivity contribution in [3.05, 3.63) is 59.7 Å². The molecule has 7 nitrogen and oxygen atoms in total. The number of carbonyl (C=O) groups is 2. The van der Waals surface area contributed by atoms with E-state index in [1.807, 2.05) is 34.9 Å². The van der Waals surface area contributed by atoms with Gasteiger partial charge in [0, 0.05) is 17.9 Å². The molecule has 3 aromatic rings. The van der Waals surface area contributed by atoms with Gasteiger partial charge in [0.1, 0.15) is 0 Å². The molecule has 0 radical (unpaired) electrons. The summed E-state index contributed by atoms with van der Waals surface area (Å²) in [5.74, 6) is 1.10. The first kappa shape index (κ1) is 19.2. The Morgan fingerprint density at radius 1 is 1.03 bits per heavy atom. The number of imide groups is 1. The first-order chi connectivity index (χ1) is 14.0. The Morgan fingerprint density at radius 2 is 1.83 bits per heavy atom. The maximum atomic E-state index is 11.8. The molecule has 148 valence electrons. The second kappa shape index (κ2) is 8.08. The first-order valence-corrected chi connectivity index (χ1v) is 10.3. The van der Waals surface area contributed by atoms with Gasteiger partial charge in [-0.15, -0.1) is 10.2 Å². The molecular formula is C21H21N5O2S. The average Bonchev–Trinajstić information content (AvgIpc) is 3.29. The summed E-state index contributed by atoms with van der Waals surface area (Å²) in [6.45, 7) is 4.56. The predicted octanol–water partition coefficient (Wildman–Crippen LogP) is 3.20. The number of aryl methyl sites for hydroxylation is 2.